The number of nitrogens with zero attached hydrogens (tertiary/aromatic N) is 5. The van der Waals surface area contributed by atoms with Gasteiger partial charge in [0.2, 0.25) is 0 Å². The molecule has 4 aromatic rings. The minimum absolute atomic E-state index is 0.633. The zero-order valence-electron chi connectivity index (χ0n) is 9.58. The van der Waals surface area contributed by atoms with Gasteiger partial charge in [-0.25, -0.2) is 9.97 Å². The number of nitrogens with one attached hydrogen (secondary N) is 1. The largest absolute Gasteiger partial charge is 0.278 e. The summed E-state index contributed by atoms with van der Waals surface area (Å²) < 4.78 is 1.21. The molecule has 0 bridgehead atoms. The van der Waals surface area contributed by atoms with Crippen molar-refractivity contribution >= 4 is 33.7 Å². The summed E-state index contributed by atoms with van der Waals surface area (Å²) in [6.07, 6.45) is 5.09. The van der Waals surface area contributed by atoms with Crippen LogP contribution in [0.2, 0.25) is 0 Å². The second-order valence-corrected chi connectivity index (χ2v) is 4.50. The lowest BCUT2D eigenvalue weighted by Crippen LogP contribution is -1.88. The molecule has 0 aliphatic rings. The number of rotatable bonds is 1. The Morgan fingerprint density at radius 3 is 3.05 bits per heavy atom. The summed E-state index contributed by atoms with van der Waals surface area (Å²) in [6, 6.07) is 5.91. The molecule has 0 atom stereocenters. The molecule has 1 aromatic carbocycles. The Balaban J connectivity index is 1.91. The number of aromatic nitrogens is 6. The number of hydrogen-bond acceptors (Lipinski definition) is 4. The molecular weight excluding hydrogens is 264 g/mol. The fraction of sp³-hybridized carbons (Fsp3) is 0. The van der Waals surface area contributed by atoms with Crippen molar-refractivity contribution in [3.05, 3.63) is 36.8 Å². The van der Waals surface area contributed by atoms with Crippen molar-refractivity contribution < 1.29 is 0 Å². The molecule has 7 heteroatoms. The summed E-state index contributed by atoms with van der Waals surface area (Å²) in [7, 11) is 0. The van der Waals surface area contributed by atoms with E-state index in [9.17, 15) is 0 Å². The summed E-state index contributed by atoms with van der Waals surface area (Å²) in [4.78, 5) is 8.75. The topological polar surface area (TPSA) is 72.3 Å². The maximum absolute atomic E-state index is 5.77. The van der Waals surface area contributed by atoms with Crippen molar-refractivity contribution in [3.8, 4) is 11.4 Å². The van der Waals surface area contributed by atoms with Crippen molar-refractivity contribution in [2.75, 3.05) is 0 Å². The van der Waals surface area contributed by atoms with Gasteiger partial charge < -0.3 is 0 Å². The zero-order chi connectivity index (χ0) is 12.8. The molecule has 3 aromatic heterocycles. The molecule has 0 saturated heterocycles. The molecule has 0 aliphatic carbocycles. The van der Waals surface area contributed by atoms with Crippen LogP contribution >= 0.6 is 11.8 Å². The highest BCUT2D eigenvalue weighted by Crippen LogP contribution is 2.21. The standard InChI is InChI=1S/C12H7ClN6/c13-19-6-11-10(18-19)5-14-12(16-11)7-1-2-8-4-15-17-9(8)3-7/h1-6H,(H,15,17). The third-order valence-corrected chi connectivity index (χ3v) is 3.10. The van der Waals surface area contributed by atoms with Gasteiger partial charge >= 0.3 is 0 Å². The molecule has 0 fully saturated rings. The fourth-order valence-corrected chi connectivity index (χ4v) is 2.18. The molecular formula is C12H7ClN6. The third-order valence-electron chi connectivity index (χ3n) is 2.93. The van der Waals surface area contributed by atoms with Crippen LogP contribution in [0, 0.1) is 0 Å². The van der Waals surface area contributed by atoms with Crippen LogP contribution < -0.4 is 0 Å². The Labute approximate surface area is 112 Å². The van der Waals surface area contributed by atoms with E-state index in [1.807, 2.05) is 18.2 Å². The summed E-state index contributed by atoms with van der Waals surface area (Å²) in [5.41, 5.74) is 3.25. The zero-order valence-corrected chi connectivity index (χ0v) is 10.3. The highest BCUT2D eigenvalue weighted by molar-refractivity contribution is 6.15. The molecule has 0 spiro atoms. The van der Waals surface area contributed by atoms with Gasteiger partial charge in [0.05, 0.1) is 24.1 Å². The SMILES string of the molecule is Cln1cc2nc(-c3ccc4cn[nH]c4c3)ncc2n1. The monoisotopic (exact) mass is 270 g/mol. The minimum Gasteiger partial charge on any atom is -0.278 e. The number of benzene rings is 1. The second-order valence-electron chi connectivity index (χ2n) is 4.15. The lowest BCUT2D eigenvalue weighted by atomic mass is 10.1. The van der Waals surface area contributed by atoms with Crippen LogP contribution in [0.4, 0.5) is 0 Å². The van der Waals surface area contributed by atoms with E-state index < -0.39 is 0 Å². The highest BCUT2D eigenvalue weighted by Gasteiger charge is 2.07. The van der Waals surface area contributed by atoms with Crippen molar-refractivity contribution in [1.29, 1.82) is 0 Å². The number of hydrogen-bond donors (Lipinski definition) is 1. The van der Waals surface area contributed by atoms with Crippen molar-refractivity contribution in [1.82, 2.24) is 29.5 Å². The number of halogens is 1. The number of H-pyrrole nitrogens is 1. The molecule has 0 amide bonds. The quantitative estimate of drug-likeness (QED) is 0.576. The summed E-state index contributed by atoms with van der Waals surface area (Å²) in [5.74, 6) is 0.633. The molecule has 92 valence electrons. The van der Waals surface area contributed by atoms with Gasteiger partial charge in [-0.15, -0.1) is 0 Å². The summed E-state index contributed by atoms with van der Waals surface area (Å²) in [5, 5.41) is 12.0. The molecule has 19 heavy (non-hydrogen) atoms. The first-order chi connectivity index (χ1) is 9.29. The van der Waals surface area contributed by atoms with Gasteiger partial charge in [0.15, 0.2) is 5.82 Å². The number of aromatic amines is 1. The van der Waals surface area contributed by atoms with Gasteiger partial charge in [-0.2, -0.15) is 14.4 Å². The molecule has 0 saturated carbocycles. The van der Waals surface area contributed by atoms with Gasteiger partial charge in [-0.05, 0) is 6.07 Å². The first kappa shape index (κ1) is 10.5. The first-order valence-electron chi connectivity index (χ1n) is 5.62. The van der Waals surface area contributed by atoms with Gasteiger partial charge in [0, 0.05) is 22.7 Å². The minimum atomic E-state index is 0.633. The summed E-state index contributed by atoms with van der Waals surface area (Å²) >= 11 is 5.77. The molecule has 0 radical (unpaired) electrons. The lowest BCUT2D eigenvalue weighted by molar-refractivity contribution is 1.01. The molecule has 0 unspecified atom stereocenters. The van der Waals surface area contributed by atoms with Gasteiger partial charge in [0.25, 0.3) is 0 Å². The Kier molecular flexibility index (Phi) is 2.07. The molecule has 6 nitrogen and oxygen atoms in total. The lowest BCUT2D eigenvalue weighted by Gasteiger charge is -1.99. The average Bonchev–Trinajstić information content (AvgIpc) is 3.01. The molecule has 3 heterocycles. The normalized spacial score (nSPS) is 11.4. The van der Waals surface area contributed by atoms with Crippen LogP contribution in [0.5, 0.6) is 0 Å². The molecule has 1 N–H and O–H groups in total. The van der Waals surface area contributed by atoms with Crippen LogP contribution in [0.1, 0.15) is 0 Å². The predicted octanol–water partition coefficient (Wildman–Crippen LogP) is 2.37. The smallest absolute Gasteiger partial charge is 0.160 e. The average molecular weight is 271 g/mol. The maximum atomic E-state index is 5.77. The first-order valence-corrected chi connectivity index (χ1v) is 5.95. The van der Waals surface area contributed by atoms with E-state index in [1.54, 1.807) is 18.6 Å². The van der Waals surface area contributed by atoms with E-state index in [0.717, 1.165) is 16.5 Å². The van der Waals surface area contributed by atoms with E-state index >= 15 is 0 Å². The van der Waals surface area contributed by atoms with E-state index in [1.165, 1.54) is 4.20 Å². The van der Waals surface area contributed by atoms with E-state index in [4.69, 9.17) is 11.8 Å². The second kappa shape index (κ2) is 3.76. The van der Waals surface area contributed by atoms with E-state index in [-0.39, 0.29) is 0 Å². The van der Waals surface area contributed by atoms with Crippen LogP contribution in [-0.2, 0) is 0 Å². The Morgan fingerprint density at radius 1 is 1.16 bits per heavy atom. The van der Waals surface area contributed by atoms with E-state index in [0.29, 0.717) is 16.9 Å². The highest BCUT2D eigenvalue weighted by atomic mass is 35.5. The predicted molar refractivity (Wildman–Crippen MR) is 71.7 cm³/mol. The third kappa shape index (κ3) is 1.65. The maximum Gasteiger partial charge on any atom is 0.160 e. The van der Waals surface area contributed by atoms with Crippen LogP contribution in [0.3, 0.4) is 0 Å². The Bertz CT molecular complexity index is 893. The van der Waals surface area contributed by atoms with Crippen molar-refractivity contribution in [2.24, 2.45) is 0 Å². The summed E-state index contributed by atoms with van der Waals surface area (Å²) in [6.45, 7) is 0. The number of fused-ring (bicyclic) bond motifs is 2. The van der Waals surface area contributed by atoms with Crippen molar-refractivity contribution in [2.45, 2.75) is 0 Å². The van der Waals surface area contributed by atoms with Gasteiger partial charge in [0.1, 0.15) is 11.0 Å². The van der Waals surface area contributed by atoms with Crippen molar-refractivity contribution in [3.63, 3.8) is 0 Å². The Hall–Kier alpha value is -2.47. The van der Waals surface area contributed by atoms with Crippen LogP contribution in [-0.4, -0.2) is 29.5 Å². The van der Waals surface area contributed by atoms with Gasteiger partial charge in [-0.1, -0.05) is 12.1 Å². The van der Waals surface area contributed by atoms with E-state index in [2.05, 4.69) is 25.3 Å². The fourth-order valence-electron chi connectivity index (χ4n) is 2.01. The van der Waals surface area contributed by atoms with Gasteiger partial charge in [-0.3, -0.25) is 5.10 Å². The Morgan fingerprint density at radius 2 is 2.11 bits per heavy atom. The van der Waals surface area contributed by atoms with Crippen LogP contribution in [0.25, 0.3) is 33.3 Å². The van der Waals surface area contributed by atoms with Crippen LogP contribution in [0.15, 0.2) is 36.8 Å². The molecule has 0 aliphatic heterocycles. The molecule has 4 rings (SSSR count).